The van der Waals surface area contributed by atoms with Crippen LogP contribution in [0.25, 0.3) is 21.5 Å². The van der Waals surface area contributed by atoms with E-state index in [2.05, 4.69) is 18.7 Å². The lowest BCUT2D eigenvalue weighted by molar-refractivity contribution is -0.145. The van der Waals surface area contributed by atoms with E-state index in [1.807, 2.05) is 43.3 Å². The zero-order chi connectivity index (χ0) is 18.7. The minimum Gasteiger partial charge on any atom is -0.488 e. The second-order valence-corrected chi connectivity index (χ2v) is 6.76. The zero-order valence-corrected chi connectivity index (χ0v) is 15.7. The first-order valence-electron chi connectivity index (χ1n) is 8.60. The summed E-state index contributed by atoms with van der Waals surface area (Å²) in [6.45, 7) is 7.48. The number of ether oxygens (including phenoxy) is 2. The van der Waals surface area contributed by atoms with E-state index < -0.39 is 5.97 Å². The molecule has 0 aliphatic carbocycles. The topological polar surface area (TPSA) is 35.5 Å². The highest BCUT2D eigenvalue weighted by Gasteiger charge is 2.16. The van der Waals surface area contributed by atoms with Gasteiger partial charge in [0.1, 0.15) is 18.5 Å². The van der Waals surface area contributed by atoms with Crippen LogP contribution in [-0.2, 0) is 9.53 Å². The lowest BCUT2D eigenvalue weighted by Gasteiger charge is -2.19. The molecule has 0 saturated heterocycles. The molecule has 0 fully saturated rings. The number of carbonyl (C=O) groups is 1. The maximum absolute atomic E-state index is 11.8. The Labute approximate surface area is 158 Å². The fraction of sp³-hybridized carbons (Fsp3) is 0.227. The third-order valence-electron chi connectivity index (χ3n) is 4.27. The Kier molecular flexibility index (Phi) is 5.48. The van der Waals surface area contributed by atoms with Gasteiger partial charge in [0, 0.05) is 21.4 Å². The maximum Gasteiger partial charge on any atom is 0.333 e. The van der Waals surface area contributed by atoms with Crippen LogP contribution >= 0.6 is 11.6 Å². The zero-order valence-electron chi connectivity index (χ0n) is 14.9. The molecule has 0 spiro atoms. The van der Waals surface area contributed by atoms with Crippen LogP contribution in [0.1, 0.15) is 20.3 Å². The minimum atomic E-state index is -0.397. The molecule has 1 atom stereocenters. The van der Waals surface area contributed by atoms with Gasteiger partial charge in [0.2, 0.25) is 0 Å². The summed E-state index contributed by atoms with van der Waals surface area (Å²) in [7, 11) is 0. The van der Waals surface area contributed by atoms with Crippen molar-refractivity contribution in [1.82, 2.24) is 0 Å². The summed E-state index contributed by atoms with van der Waals surface area (Å²) >= 11 is 6.20. The molecule has 0 amide bonds. The van der Waals surface area contributed by atoms with Crippen LogP contribution in [0.2, 0.25) is 5.02 Å². The summed E-state index contributed by atoms with van der Waals surface area (Å²) < 4.78 is 11.6. The Bertz CT molecular complexity index is 978. The van der Waals surface area contributed by atoms with E-state index in [1.165, 1.54) is 0 Å². The van der Waals surface area contributed by atoms with Gasteiger partial charge in [0.15, 0.2) is 0 Å². The second kappa shape index (κ2) is 7.79. The minimum absolute atomic E-state index is 0.269. The van der Waals surface area contributed by atoms with Crippen molar-refractivity contribution in [2.75, 3.05) is 6.61 Å². The van der Waals surface area contributed by atoms with Gasteiger partial charge in [-0.05, 0) is 42.3 Å². The van der Waals surface area contributed by atoms with Crippen molar-refractivity contribution in [3.8, 4) is 5.75 Å². The van der Waals surface area contributed by atoms with E-state index in [0.717, 1.165) is 27.3 Å². The van der Waals surface area contributed by atoms with Gasteiger partial charge in [0.25, 0.3) is 0 Å². The van der Waals surface area contributed by atoms with Crippen LogP contribution in [0.5, 0.6) is 5.75 Å². The molecule has 0 N–H and O–H groups in total. The fourth-order valence-corrected chi connectivity index (χ4v) is 2.98. The molecule has 134 valence electrons. The first-order valence-corrected chi connectivity index (χ1v) is 8.97. The molecule has 0 heterocycles. The molecule has 3 aromatic carbocycles. The highest BCUT2D eigenvalue weighted by Crippen LogP contribution is 2.36. The smallest absolute Gasteiger partial charge is 0.333 e. The average molecular weight is 369 g/mol. The lowest BCUT2D eigenvalue weighted by atomic mass is 10.0. The highest BCUT2D eigenvalue weighted by atomic mass is 35.5. The summed E-state index contributed by atoms with van der Waals surface area (Å²) in [5.41, 5.74) is 0.380. The maximum atomic E-state index is 11.8. The van der Waals surface area contributed by atoms with Crippen molar-refractivity contribution >= 4 is 39.1 Å². The van der Waals surface area contributed by atoms with Crippen LogP contribution in [0.4, 0.5) is 0 Å². The molecule has 0 aliphatic heterocycles. The molecular weight excluding hydrogens is 348 g/mol. The molecule has 1 unspecified atom stereocenters. The molecule has 0 bridgehead atoms. The van der Waals surface area contributed by atoms with Crippen molar-refractivity contribution in [2.24, 2.45) is 0 Å². The summed E-state index contributed by atoms with van der Waals surface area (Å²) in [4.78, 5) is 11.8. The van der Waals surface area contributed by atoms with Gasteiger partial charge in [-0.25, -0.2) is 4.79 Å². The van der Waals surface area contributed by atoms with Crippen molar-refractivity contribution in [3.05, 3.63) is 65.7 Å². The van der Waals surface area contributed by atoms with Crippen LogP contribution < -0.4 is 4.74 Å². The second-order valence-electron chi connectivity index (χ2n) is 6.32. The number of hydrogen-bond acceptors (Lipinski definition) is 3. The van der Waals surface area contributed by atoms with E-state index >= 15 is 0 Å². The molecule has 3 rings (SSSR count). The standard InChI is InChI=1S/C22H21ClO3/c1-4-18(26-22(24)14(2)3)13-25-21-19-8-6-5-7-15(19)11-16-9-10-17(23)12-20(16)21/h5-12,18H,2,4,13H2,1,3H3. The summed E-state index contributed by atoms with van der Waals surface area (Å²) in [5, 5.41) is 4.73. The highest BCUT2D eigenvalue weighted by molar-refractivity contribution is 6.31. The lowest BCUT2D eigenvalue weighted by Crippen LogP contribution is -2.24. The van der Waals surface area contributed by atoms with Gasteiger partial charge >= 0.3 is 5.97 Å². The number of halogens is 1. The number of benzene rings is 3. The number of carbonyl (C=O) groups excluding carboxylic acids is 1. The van der Waals surface area contributed by atoms with Gasteiger partial charge in [-0.1, -0.05) is 55.4 Å². The Morgan fingerprint density at radius 3 is 2.58 bits per heavy atom. The third-order valence-corrected chi connectivity index (χ3v) is 4.50. The Morgan fingerprint density at radius 1 is 1.12 bits per heavy atom. The van der Waals surface area contributed by atoms with Crippen LogP contribution in [0.3, 0.4) is 0 Å². The number of esters is 1. The van der Waals surface area contributed by atoms with Gasteiger partial charge in [-0.3, -0.25) is 0 Å². The molecule has 0 aromatic heterocycles. The molecule has 0 aliphatic rings. The van der Waals surface area contributed by atoms with Crippen molar-refractivity contribution < 1.29 is 14.3 Å². The first kappa shape index (κ1) is 18.3. The van der Waals surface area contributed by atoms with E-state index in [1.54, 1.807) is 6.92 Å². The quantitative estimate of drug-likeness (QED) is 0.307. The van der Waals surface area contributed by atoms with E-state index in [0.29, 0.717) is 17.0 Å². The third kappa shape index (κ3) is 3.83. The molecule has 26 heavy (non-hydrogen) atoms. The van der Waals surface area contributed by atoms with Crippen LogP contribution in [-0.4, -0.2) is 18.7 Å². The predicted molar refractivity (Wildman–Crippen MR) is 107 cm³/mol. The average Bonchev–Trinajstić information content (AvgIpc) is 2.63. The van der Waals surface area contributed by atoms with Crippen molar-refractivity contribution in [1.29, 1.82) is 0 Å². The molecular formula is C22H21ClO3. The Morgan fingerprint density at radius 2 is 1.85 bits per heavy atom. The van der Waals surface area contributed by atoms with E-state index in [9.17, 15) is 4.79 Å². The normalized spacial score (nSPS) is 12.1. The Hall–Kier alpha value is -2.52. The van der Waals surface area contributed by atoms with Crippen LogP contribution in [0.15, 0.2) is 60.7 Å². The number of fused-ring (bicyclic) bond motifs is 2. The monoisotopic (exact) mass is 368 g/mol. The van der Waals surface area contributed by atoms with E-state index in [-0.39, 0.29) is 12.7 Å². The van der Waals surface area contributed by atoms with Gasteiger partial charge in [-0.2, -0.15) is 0 Å². The molecule has 0 radical (unpaired) electrons. The SMILES string of the molecule is C=C(C)C(=O)OC(CC)COc1c2ccccc2cc2ccc(Cl)cc12. The molecule has 0 saturated carbocycles. The van der Waals surface area contributed by atoms with Crippen LogP contribution in [0, 0.1) is 0 Å². The first-order chi connectivity index (χ1) is 12.5. The molecule has 3 aromatic rings. The van der Waals surface area contributed by atoms with Crippen molar-refractivity contribution in [3.63, 3.8) is 0 Å². The molecule has 3 nitrogen and oxygen atoms in total. The predicted octanol–water partition coefficient (Wildman–Crippen LogP) is 5.92. The molecule has 4 heteroatoms. The summed E-state index contributed by atoms with van der Waals surface area (Å²) in [6.07, 6.45) is 0.315. The fourth-order valence-electron chi connectivity index (χ4n) is 2.81. The van der Waals surface area contributed by atoms with Gasteiger partial charge in [0.05, 0.1) is 0 Å². The van der Waals surface area contributed by atoms with Crippen molar-refractivity contribution in [2.45, 2.75) is 26.4 Å². The summed E-state index contributed by atoms with van der Waals surface area (Å²) in [5.74, 6) is 0.358. The number of hydrogen-bond donors (Lipinski definition) is 0. The largest absolute Gasteiger partial charge is 0.488 e. The Balaban J connectivity index is 1.97. The number of rotatable bonds is 6. The summed E-state index contributed by atoms with van der Waals surface area (Å²) in [6, 6.07) is 15.9. The van der Waals surface area contributed by atoms with E-state index in [4.69, 9.17) is 21.1 Å². The van der Waals surface area contributed by atoms with Gasteiger partial charge < -0.3 is 9.47 Å². The van der Waals surface area contributed by atoms with Gasteiger partial charge in [-0.15, -0.1) is 0 Å².